The van der Waals surface area contributed by atoms with E-state index in [1.54, 1.807) is 0 Å². The van der Waals surface area contributed by atoms with E-state index in [9.17, 15) is 0 Å². The second-order valence-corrected chi connectivity index (χ2v) is 5.87. The van der Waals surface area contributed by atoms with Crippen molar-refractivity contribution in [1.82, 2.24) is 5.32 Å². The third kappa shape index (κ3) is 4.14. The van der Waals surface area contributed by atoms with Crippen molar-refractivity contribution in [2.75, 3.05) is 19.8 Å². The van der Waals surface area contributed by atoms with Crippen molar-refractivity contribution >= 4 is 0 Å². The van der Waals surface area contributed by atoms with Crippen molar-refractivity contribution in [3.05, 3.63) is 23.8 Å². The first-order valence-electron chi connectivity index (χ1n) is 8.04. The normalized spacial score (nSPS) is 17.2. The van der Waals surface area contributed by atoms with Gasteiger partial charge in [0.05, 0.1) is 0 Å². The van der Waals surface area contributed by atoms with Gasteiger partial charge in [-0.15, -0.1) is 0 Å². The van der Waals surface area contributed by atoms with E-state index in [0.29, 0.717) is 13.2 Å². The van der Waals surface area contributed by atoms with Crippen LogP contribution in [0.1, 0.15) is 44.1 Å². The van der Waals surface area contributed by atoms with E-state index in [-0.39, 0.29) is 0 Å². The van der Waals surface area contributed by atoms with Gasteiger partial charge in [-0.2, -0.15) is 0 Å². The highest BCUT2D eigenvalue weighted by Crippen LogP contribution is 2.31. The minimum atomic E-state index is 0.668. The van der Waals surface area contributed by atoms with Gasteiger partial charge in [0.2, 0.25) is 0 Å². The number of ether oxygens (including phenoxy) is 2. The molecule has 20 heavy (non-hydrogen) atoms. The van der Waals surface area contributed by atoms with Gasteiger partial charge >= 0.3 is 0 Å². The second-order valence-electron chi connectivity index (χ2n) is 5.87. The summed E-state index contributed by atoms with van der Waals surface area (Å²) in [5.74, 6) is 1.81. The summed E-state index contributed by atoms with van der Waals surface area (Å²) in [6, 6.07) is 7.21. The zero-order valence-corrected chi connectivity index (χ0v) is 12.2. The average Bonchev–Trinajstić information content (AvgIpc) is 3.30. The molecule has 0 amide bonds. The monoisotopic (exact) mass is 275 g/mol. The number of aryl methyl sites for hydroxylation is 1. The Morgan fingerprint density at radius 1 is 0.950 bits per heavy atom. The van der Waals surface area contributed by atoms with E-state index in [1.807, 2.05) is 6.07 Å². The molecule has 1 aromatic carbocycles. The maximum Gasteiger partial charge on any atom is 0.161 e. The van der Waals surface area contributed by atoms with E-state index in [0.717, 1.165) is 24.0 Å². The quantitative estimate of drug-likeness (QED) is 0.738. The molecule has 1 aromatic rings. The van der Waals surface area contributed by atoms with Gasteiger partial charge in [-0.3, -0.25) is 0 Å². The summed E-state index contributed by atoms with van der Waals surface area (Å²) in [5, 5.41) is 3.57. The van der Waals surface area contributed by atoms with Gasteiger partial charge in [0.25, 0.3) is 0 Å². The van der Waals surface area contributed by atoms with E-state index >= 15 is 0 Å². The Labute approximate surface area is 121 Å². The molecule has 1 heterocycles. The molecule has 0 bridgehead atoms. The van der Waals surface area contributed by atoms with Gasteiger partial charge in [-0.05, 0) is 56.3 Å². The second kappa shape index (κ2) is 6.98. The topological polar surface area (TPSA) is 30.5 Å². The zero-order chi connectivity index (χ0) is 13.6. The van der Waals surface area contributed by atoms with Crippen LogP contribution in [0.4, 0.5) is 0 Å². The average molecular weight is 275 g/mol. The molecule has 110 valence electrons. The fraction of sp³-hybridized carbons (Fsp3) is 0.647. The van der Waals surface area contributed by atoms with Gasteiger partial charge in [0.1, 0.15) is 13.2 Å². The molecular formula is C17H25NO2. The van der Waals surface area contributed by atoms with E-state index in [2.05, 4.69) is 17.4 Å². The van der Waals surface area contributed by atoms with E-state index in [4.69, 9.17) is 9.47 Å². The zero-order valence-electron chi connectivity index (χ0n) is 12.2. The first-order valence-corrected chi connectivity index (χ1v) is 8.04. The smallest absolute Gasteiger partial charge is 0.161 e. The standard InChI is InChI=1S/C17H25NO2/c1(2-4-10-18-15-7-8-15)3-5-14-6-9-16-17(13-14)20-12-11-19-16/h6,9,13,15,18H,1-5,7-8,10-12H2. The summed E-state index contributed by atoms with van der Waals surface area (Å²) in [7, 11) is 0. The van der Waals surface area contributed by atoms with Gasteiger partial charge < -0.3 is 14.8 Å². The Bertz CT molecular complexity index is 429. The number of fused-ring (bicyclic) bond motifs is 1. The highest BCUT2D eigenvalue weighted by atomic mass is 16.6. The molecule has 1 aliphatic carbocycles. The third-order valence-electron chi connectivity index (χ3n) is 4.01. The highest BCUT2D eigenvalue weighted by molar-refractivity contribution is 5.43. The lowest BCUT2D eigenvalue weighted by atomic mass is 10.1. The molecule has 0 atom stereocenters. The molecule has 0 saturated heterocycles. The molecule has 0 aromatic heterocycles. The summed E-state index contributed by atoms with van der Waals surface area (Å²) in [4.78, 5) is 0. The van der Waals surface area contributed by atoms with Crippen molar-refractivity contribution in [3.8, 4) is 11.5 Å². The van der Waals surface area contributed by atoms with Gasteiger partial charge in [0.15, 0.2) is 11.5 Å². The summed E-state index contributed by atoms with van der Waals surface area (Å²) < 4.78 is 11.2. The number of rotatable bonds is 8. The number of hydrogen-bond donors (Lipinski definition) is 1. The lowest BCUT2D eigenvalue weighted by molar-refractivity contribution is 0.171. The first kappa shape index (κ1) is 13.7. The minimum absolute atomic E-state index is 0.668. The summed E-state index contributed by atoms with van der Waals surface area (Å²) in [6.45, 7) is 2.54. The Hall–Kier alpha value is -1.22. The SMILES string of the molecule is c1cc2c(cc1CCCCCCNC1CC1)OCCO2. The van der Waals surface area contributed by atoms with E-state index in [1.165, 1.54) is 50.6 Å². The fourth-order valence-corrected chi connectivity index (χ4v) is 2.64. The maximum atomic E-state index is 5.62. The molecular weight excluding hydrogens is 250 g/mol. The molecule has 0 spiro atoms. The van der Waals surface area contributed by atoms with Gasteiger partial charge in [-0.25, -0.2) is 0 Å². The first-order chi connectivity index (χ1) is 9.92. The van der Waals surface area contributed by atoms with Crippen LogP contribution in [0, 0.1) is 0 Å². The molecule has 2 aliphatic rings. The molecule has 0 radical (unpaired) electrons. The summed E-state index contributed by atoms with van der Waals surface area (Å²) in [5.41, 5.74) is 1.37. The minimum Gasteiger partial charge on any atom is -0.486 e. The number of nitrogens with one attached hydrogen (secondary N) is 1. The van der Waals surface area contributed by atoms with Crippen molar-refractivity contribution in [2.24, 2.45) is 0 Å². The van der Waals surface area contributed by atoms with Crippen LogP contribution in [-0.4, -0.2) is 25.8 Å². The molecule has 3 nitrogen and oxygen atoms in total. The Morgan fingerprint density at radius 2 is 1.75 bits per heavy atom. The Kier molecular flexibility index (Phi) is 4.80. The molecule has 1 saturated carbocycles. The summed E-state index contributed by atoms with van der Waals surface area (Å²) in [6.07, 6.45) is 9.17. The predicted molar refractivity (Wildman–Crippen MR) is 80.6 cm³/mol. The van der Waals surface area contributed by atoms with Crippen LogP contribution in [0.15, 0.2) is 18.2 Å². The molecule has 1 aliphatic heterocycles. The van der Waals surface area contributed by atoms with Crippen LogP contribution in [0.3, 0.4) is 0 Å². The van der Waals surface area contributed by atoms with Crippen molar-refractivity contribution in [1.29, 1.82) is 0 Å². The maximum absolute atomic E-state index is 5.62. The fourth-order valence-electron chi connectivity index (χ4n) is 2.64. The van der Waals surface area contributed by atoms with Crippen LogP contribution in [0.5, 0.6) is 11.5 Å². The largest absolute Gasteiger partial charge is 0.486 e. The van der Waals surface area contributed by atoms with Crippen molar-refractivity contribution < 1.29 is 9.47 Å². The number of hydrogen-bond acceptors (Lipinski definition) is 3. The molecule has 1 N–H and O–H groups in total. The number of benzene rings is 1. The number of unbranched alkanes of at least 4 members (excludes halogenated alkanes) is 3. The van der Waals surface area contributed by atoms with Crippen molar-refractivity contribution in [3.63, 3.8) is 0 Å². The van der Waals surface area contributed by atoms with Crippen LogP contribution in [0.25, 0.3) is 0 Å². The predicted octanol–water partition coefficient (Wildman–Crippen LogP) is 3.31. The highest BCUT2D eigenvalue weighted by Gasteiger charge is 2.19. The Morgan fingerprint density at radius 3 is 2.60 bits per heavy atom. The third-order valence-corrected chi connectivity index (χ3v) is 4.01. The van der Waals surface area contributed by atoms with Crippen LogP contribution in [-0.2, 0) is 6.42 Å². The van der Waals surface area contributed by atoms with Crippen molar-refractivity contribution in [2.45, 2.75) is 51.0 Å². The lowest BCUT2D eigenvalue weighted by Crippen LogP contribution is -2.17. The Balaban J connectivity index is 1.31. The lowest BCUT2D eigenvalue weighted by Gasteiger charge is -2.18. The van der Waals surface area contributed by atoms with Crippen LogP contribution in [0.2, 0.25) is 0 Å². The van der Waals surface area contributed by atoms with E-state index < -0.39 is 0 Å². The summed E-state index contributed by atoms with van der Waals surface area (Å²) >= 11 is 0. The van der Waals surface area contributed by atoms with Gasteiger partial charge in [-0.1, -0.05) is 18.9 Å². The molecule has 3 heteroatoms. The van der Waals surface area contributed by atoms with Crippen LogP contribution < -0.4 is 14.8 Å². The molecule has 0 unspecified atom stereocenters. The molecule has 3 rings (SSSR count). The van der Waals surface area contributed by atoms with Crippen LogP contribution >= 0.6 is 0 Å². The van der Waals surface area contributed by atoms with Gasteiger partial charge in [0, 0.05) is 6.04 Å². The molecule has 1 fully saturated rings.